The number of benzene rings is 1. The van der Waals surface area contributed by atoms with Crippen molar-refractivity contribution in [1.29, 1.82) is 0 Å². The van der Waals surface area contributed by atoms with Crippen LogP contribution in [0.2, 0.25) is 0 Å². The highest BCUT2D eigenvalue weighted by molar-refractivity contribution is 5.82. The molecule has 3 aromatic rings. The van der Waals surface area contributed by atoms with Crippen LogP contribution in [0.25, 0.3) is 10.9 Å². The Kier molecular flexibility index (Phi) is 4.51. The van der Waals surface area contributed by atoms with Crippen molar-refractivity contribution in [1.82, 2.24) is 14.3 Å². The van der Waals surface area contributed by atoms with Gasteiger partial charge >= 0.3 is 0 Å². The Morgan fingerprint density at radius 1 is 1.29 bits per heavy atom. The van der Waals surface area contributed by atoms with Gasteiger partial charge in [-0.3, -0.25) is 4.79 Å². The molecule has 5 nitrogen and oxygen atoms in total. The highest BCUT2D eigenvalue weighted by atomic mass is 16.5. The SMILES string of the molecule is C=CCc1cn(CC)c2c(=O)n(Cc3ccc(OC)cc3)ncc12. The summed E-state index contributed by atoms with van der Waals surface area (Å²) in [7, 11) is 1.63. The van der Waals surface area contributed by atoms with Crippen molar-refractivity contribution < 1.29 is 4.74 Å². The number of methoxy groups -OCH3 is 1. The summed E-state index contributed by atoms with van der Waals surface area (Å²) in [5.41, 5.74) is 2.73. The van der Waals surface area contributed by atoms with E-state index in [1.54, 1.807) is 13.3 Å². The normalized spacial score (nSPS) is 10.9. The molecule has 5 heteroatoms. The number of fused-ring (bicyclic) bond motifs is 1. The van der Waals surface area contributed by atoms with Gasteiger partial charge in [0.15, 0.2) is 0 Å². The molecule has 24 heavy (non-hydrogen) atoms. The number of hydrogen-bond donors (Lipinski definition) is 0. The molecule has 3 rings (SSSR count). The van der Waals surface area contributed by atoms with Crippen molar-refractivity contribution in [3.8, 4) is 5.75 Å². The smallest absolute Gasteiger partial charge is 0.291 e. The van der Waals surface area contributed by atoms with Crippen molar-refractivity contribution in [2.24, 2.45) is 0 Å². The maximum atomic E-state index is 12.9. The lowest BCUT2D eigenvalue weighted by molar-refractivity contribution is 0.414. The van der Waals surface area contributed by atoms with Gasteiger partial charge in [0.1, 0.15) is 11.3 Å². The van der Waals surface area contributed by atoms with Crippen molar-refractivity contribution in [3.63, 3.8) is 0 Å². The molecule has 0 saturated carbocycles. The number of ether oxygens (including phenoxy) is 1. The van der Waals surface area contributed by atoms with Crippen molar-refractivity contribution in [2.45, 2.75) is 26.4 Å². The van der Waals surface area contributed by atoms with Gasteiger partial charge in [-0.05, 0) is 36.6 Å². The third-order valence-corrected chi connectivity index (χ3v) is 4.16. The molecule has 0 bridgehead atoms. The molecule has 0 N–H and O–H groups in total. The Labute approximate surface area is 140 Å². The maximum absolute atomic E-state index is 12.9. The number of hydrogen-bond acceptors (Lipinski definition) is 3. The second-order valence-electron chi connectivity index (χ2n) is 5.65. The molecule has 0 spiro atoms. The number of nitrogens with zero attached hydrogens (tertiary/aromatic N) is 3. The third-order valence-electron chi connectivity index (χ3n) is 4.16. The van der Waals surface area contributed by atoms with Crippen LogP contribution in [0.4, 0.5) is 0 Å². The molecular weight excluding hydrogens is 302 g/mol. The Hall–Kier alpha value is -2.82. The number of aromatic nitrogens is 3. The van der Waals surface area contributed by atoms with E-state index in [0.29, 0.717) is 12.1 Å². The zero-order valence-corrected chi connectivity index (χ0v) is 14.0. The molecule has 0 aliphatic heterocycles. The van der Waals surface area contributed by atoms with E-state index in [0.717, 1.165) is 35.2 Å². The number of allylic oxidation sites excluding steroid dienone is 1. The molecule has 0 saturated heterocycles. The highest BCUT2D eigenvalue weighted by Crippen LogP contribution is 2.19. The lowest BCUT2D eigenvalue weighted by Crippen LogP contribution is -2.24. The molecule has 1 aromatic carbocycles. The van der Waals surface area contributed by atoms with E-state index in [9.17, 15) is 4.79 Å². The van der Waals surface area contributed by atoms with Gasteiger partial charge in [-0.2, -0.15) is 5.10 Å². The topological polar surface area (TPSA) is 49.0 Å². The predicted octanol–water partition coefficient (Wildman–Crippen LogP) is 3.00. The standard InChI is InChI=1S/C19H21N3O2/c1-4-6-15-13-21(5-2)18-17(15)11-20-22(19(18)23)12-14-7-9-16(24-3)10-8-14/h4,7-11,13H,1,5-6,12H2,2-3H3. The van der Waals surface area contributed by atoms with Gasteiger partial charge in [0.25, 0.3) is 5.56 Å². The van der Waals surface area contributed by atoms with E-state index in [1.165, 1.54) is 4.68 Å². The molecule has 0 unspecified atom stereocenters. The van der Waals surface area contributed by atoms with Gasteiger partial charge in [-0.25, -0.2) is 4.68 Å². The molecule has 0 aliphatic carbocycles. The molecule has 0 aliphatic rings. The van der Waals surface area contributed by atoms with Crippen LogP contribution in [-0.4, -0.2) is 21.5 Å². The zero-order valence-electron chi connectivity index (χ0n) is 14.0. The first-order valence-electron chi connectivity index (χ1n) is 7.99. The minimum absolute atomic E-state index is 0.0690. The Morgan fingerprint density at radius 2 is 2.04 bits per heavy atom. The van der Waals surface area contributed by atoms with Crippen molar-refractivity contribution in [2.75, 3.05) is 7.11 Å². The quantitative estimate of drug-likeness (QED) is 0.655. The molecule has 0 amide bonds. The number of aryl methyl sites for hydroxylation is 1. The summed E-state index contributed by atoms with van der Waals surface area (Å²) < 4.78 is 8.66. The van der Waals surface area contributed by atoms with Crippen LogP contribution in [0, 0.1) is 0 Å². The number of rotatable bonds is 6. The second kappa shape index (κ2) is 6.74. The third kappa shape index (κ3) is 2.85. The summed E-state index contributed by atoms with van der Waals surface area (Å²) >= 11 is 0. The van der Waals surface area contributed by atoms with Crippen molar-refractivity contribution in [3.05, 3.63) is 70.8 Å². The van der Waals surface area contributed by atoms with Crippen molar-refractivity contribution >= 4 is 10.9 Å². The van der Waals surface area contributed by atoms with Gasteiger partial charge in [0.05, 0.1) is 19.9 Å². The van der Waals surface area contributed by atoms with Gasteiger partial charge in [0, 0.05) is 18.1 Å². The van der Waals surface area contributed by atoms with Crippen LogP contribution < -0.4 is 10.3 Å². The fourth-order valence-electron chi connectivity index (χ4n) is 2.90. The van der Waals surface area contributed by atoms with Crippen LogP contribution in [0.1, 0.15) is 18.1 Å². The molecule has 2 aromatic heterocycles. The molecule has 2 heterocycles. The Bertz CT molecular complexity index is 920. The average molecular weight is 323 g/mol. The van der Waals surface area contributed by atoms with Crippen LogP contribution in [0.3, 0.4) is 0 Å². The van der Waals surface area contributed by atoms with Crippen LogP contribution in [0.15, 0.2) is 54.1 Å². The van der Waals surface area contributed by atoms with Crippen LogP contribution in [0.5, 0.6) is 5.75 Å². The molecule has 0 atom stereocenters. The largest absolute Gasteiger partial charge is 0.497 e. The van der Waals surface area contributed by atoms with Gasteiger partial charge in [0.2, 0.25) is 0 Å². The predicted molar refractivity (Wildman–Crippen MR) is 95.7 cm³/mol. The lowest BCUT2D eigenvalue weighted by atomic mass is 10.2. The first kappa shape index (κ1) is 16.1. The summed E-state index contributed by atoms with van der Waals surface area (Å²) in [4.78, 5) is 12.9. The maximum Gasteiger partial charge on any atom is 0.291 e. The van der Waals surface area contributed by atoms with E-state index in [-0.39, 0.29) is 5.56 Å². The summed E-state index contributed by atoms with van der Waals surface area (Å²) in [5.74, 6) is 0.795. The summed E-state index contributed by atoms with van der Waals surface area (Å²) in [6.45, 7) is 7.00. The zero-order chi connectivity index (χ0) is 17.1. The fraction of sp³-hybridized carbons (Fsp3) is 0.263. The van der Waals surface area contributed by atoms with Crippen LogP contribution in [-0.2, 0) is 19.5 Å². The van der Waals surface area contributed by atoms with E-state index in [4.69, 9.17) is 4.74 Å². The van der Waals surface area contributed by atoms with E-state index in [2.05, 4.69) is 11.7 Å². The summed E-state index contributed by atoms with van der Waals surface area (Å²) in [6.07, 6.45) is 6.38. The second-order valence-corrected chi connectivity index (χ2v) is 5.65. The monoisotopic (exact) mass is 323 g/mol. The Morgan fingerprint density at radius 3 is 2.67 bits per heavy atom. The van der Waals surface area contributed by atoms with Gasteiger partial charge in [-0.15, -0.1) is 6.58 Å². The minimum Gasteiger partial charge on any atom is -0.497 e. The molecule has 0 fully saturated rings. The first-order valence-corrected chi connectivity index (χ1v) is 7.99. The Balaban J connectivity index is 2.04. The molecular formula is C19H21N3O2. The van der Waals surface area contributed by atoms with E-state index >= 15 is 0 Å². The van der Waals surface area contributed by atoms with Gasteiger partial charge in [-0.1, -0.05) is 18.2 Å². The summed E-state index contributed by atoms with van der Waals surface area (Å²) in [6, 6.07) is 7.66. The summed E-state index contributed by atoms with van der Waals surface area (Å²) in [5, 5.41) is 5.27. The molecule has 0 radical (unpaired) electrons. The first-order chi connectivity index (χ1) is 11.7. The van der Waals surface area contributed by atoms with E-state index < -0.39 is 0 Å². The minimum atomic E-state index is -0.0690. The van der Waals surface area contributed by atoms with E-state index in [1.807, 2.05) is 48.0 Å². The van der Waals surface area contributed by atoms with Crippen LogP contribution >= 0.6 is 0 Å². The lowest BCUT2D eigenvalue weighted by Gasteiger charge is -2.07. The van der Waals surface area contributed by atoms with Gasteiger partial charge < -0.3 is 9.30 Å². The average Bonchev–Trinajstić information content (AvgIpc) is 2.97. The highest BCUT2D eigenvalue weighted by Gasteiger charge is 2.13. The molecule has 124 valence electrons. The fourth-order valence-corrected chi connectivity index (χ4v) is 2.90.